The molecular weight excluding hydrogens is 641 g/mol. The number of phosphoric ester groups is 1. The number of phosphoric acid groups is 1. The molecule has 49 heavy (non-hydrogen) atoms. The topological polar surface area (TPSA) is 134 Å². The fraction of sp³-hybridized carbons (Fsp3) is 0.846. The Balaban J connectivity index is 4.22. The smallest absolute Gasteiger partial charge is 0.462 e. The third-order valence-corrected chi connectivity index (χ3v) is 9.32. The molecule has 0 aromatic heterocycles. The number of ether oxygens (including phenoxy) is 2. The summed E-state index contributed by atoms with van der Waals surface area (Å²) in [4.78, 5) is 34.7. The number of carbonyl (C=O) groups excluding carboxylic acids is 2. The van der Waals surface area contributed by atoms with Gasteiger partial charge in [-0.25, -0.2) is 4.57 Å². The van der Waals surface area contributed by atoms with Gasteiger partial charge in [0.1, 0.15) is 6.61 Å². The van der Waals surface area contributed by atoms with Crippen LogP contribution in [0.4, 0.5) is 0 Å². The highest BCUT2D eigenvalue weighted by atomic mass is 31.2. The van der Waals surface area contributed by atoms with E-state index in [4.69, 9.17) is 24.3 Å². The molecule has 2 atom stereocenters. The van der Waals surface area contributed by atoms with Crippen molar-refractivity contribution >= 4 is 19.8 Å². The molecule has 0 heterocycles. The highest BCUT2D eigenvalue weighted by Gasteiger charge is 2.25. The van der Waals surface area contributed by atoms with Crippen LogP contribution in [0, 0.1) is 0 Å². The van der Waals surface area contributed by atoms with E-state index in [0.29, 0.717) is 6.42 Å². The van der Waals surface area contributed by atoms with Gasteiger partial charge in [-0.2, -0.15) is 0 Å². The lowest BCUT2D eigenvalue weighted by molar-refractivity contribution is -0.161. The van der Waals surface area contributed by atoms with E-state index >= 15 is 0 Å². The largest absolute Gasteiger partial charge is 0.472 e. The summed E-state index contributed by atoms with van der Waals surface area (Å²) in [6.07, 6.45) is 36.3. The Morgan fingerprint density at radius 2 is 1.06 bits per heavy atom. The first-order chi connectivity index (χ1) is 23.8. The Hall–Kier alpha value is -1.51. The van der Waals surface area contributed by atoms with E-state index in [2.05, 4.69) is 38.2 Å². The summed E-state index contributed by atoms with van der Waals surface area (Å²) < 4.78 is 32.7. The number of rotatable bonds is 37. The molecule has 0 amide bonds. The third-order valence-electron chi connectivity index (χ3n) is 8.34. The second-order valence-corrected chi connectivity index (χ2v) is 14.6. The van der Waals surface area contributed by atoms with Gasteiger partial charge in [-0.05, 0) is 44.9 Å². The summed E-state index contributed by atoms with van der Waals surface area (Å²) >= 11 is 0. The van der Waals surface area contributed by atoms with E-state index in [0.717, 1.165) is 57.8 Å². The lowest BCUT2D eigenvalue weighted by Crippen LogP contribution is -2.29. The Labute approximate surface area is 300 Å². The summed E-state index contributed by atoms with van der Waals surface area (Å²) in [6, 6.07) is 0. The van der Waals surface area contributed by atoms with E-state index in [-0.39, 0.29) is 38.6 Å². The number of allylic oxidation sites excluding steroid dienone is 4. The van der Waals surface area contributed by atoms with Crippen LogP contribution in [-0.2, 0) is 32.7 Å². The molecule has 0 aliphatic carbocycles. The molecule has 0 aromatic rings. The zero-order valence-electron chi connectivity index (χ0n) is 31.4. The summed E-state index contributed by atoms with van der Waals surface area (Å²) in [5, 5.41) is 0. The molecule has 0 saturated carbocycles. The monoisotopic (exact) mass is 716 g/mol. The van der Waals surface area contributed by atoms with E-state index < -0.39 is 26.5 Å². The first-order valence-corrected chi connectivity index (χ1v) is 21.3. The van der Waals surface area contributed by atoms with E-state index in [9.17, 15) is 19.0 Å². The molecule has 9 nitrogen and oxygen atoms in total. The number of hydrogen-bond acceptors (Lipinski definition) is 8. The molecule has 0 aliphatic rings. The number of carbonyl (C=O) groups is 2. The highest BCUT2D eigenvalue weighted by molar-refractivity contribution is 7.47. The first-order valence-electron chi connectivity index (χ1n) is 19.8. The van der Waals surface area contributed by atoms with Crippen molar-refractivity contribution in [3.8, 4) is 0 Å². The summed E-state index contributed by atoms with van der Waals surface area (Å²) in [7, 11) is -4.37. The average molecular weight is 716 g/mol. The first kappa shape index (κ1) is 47.5. The molecule has 0 bridgehead atoms. The van der Waals surface area contributed by atoms with Crippen molar-refractivity contribution in [1.82, 2.24) is 0 Å². The molecule has 0 aromatic carbocycles. The molecule has 0 saturated heterocycles. The molecule has 0 fully saturated rings. The molecule has 0 radical (unpaired) electrons. The van der Waals surface area contributed by atoms with Crippen LogP contribution in [0.1, 0.15) is 181 Å². The van der Waals surface area contributed by atoms with Crippen LogP contribution < -0.4 is 5.73 Å². The number of nitrogens with two attached hydrogens (primary N) is 1. The van der Waals surface area contributed by atoms with Gasteiger partial charge >= 0.3 is 19.8 Å². The van der Waals surface area contributed by atoms with Gasteiger partial charge in [-0.1, -0.05) is 147 Å². The van der Waals surface area contributed by atoms with E-state index in [1.165, 1.54) is 89.9 Å². The van der Waals surface area contributed by atoms with Gasteiger partial charge in [-0.15, -0.1) is 0 Å². The number of unbranched alkanes of at least 4 members (excludes halogenated alkanes) is 20. The molecular formula is C39H74NO8P. The van der Waals surface area contributed by atoms with Gasteiger partial charge in [0.05, 0.1) is 13.2 Å². The number of esters is 2. The van der Waals surface area contributed by atoms with Gasteiger partial charge in [-0.3, -0.25) is 18.6 Å². The maximum absolute atomic E-state index is 12.5. The van der Waals surface area contributed by atoms with Crippen molar-refractivity contribution in [2.75, 3.05) is 26.4 Å². The summed E-state index contributed by atoms with van der Waals surface area (Å²) in [6.45, 7) is 3.69. The van der Waals surface area contributed by atoms with Gasteiger partial charge in [0.25, 0.3) is 0 Å². The standard InChI is InChI=1S/C39H74NO8P/c1-3-5-7-9-11-13-15-17-18-20-22-24-26-28-30-32-39(42)48-37(36-47-49(43,44)46-34-33-40)35-45-38(41)31-29-27-25-23-21-19-16-14-12-10-8-6-4-2/h11,13,17-18,37H,3-10,12,14-16,19-36,40H2,1-2H3,(H,43,44)/b13-11+,18-17-/t37-/m1/s1. The van der Waals surface area contributed by atoms with E-state index in [1.807, 2.05) is 0 Å². The van der Waals surface area contributed by atoms with Crippen molar-refractivity contribution in [1.29, 1.82) is 0 Å². The SMILES string of the molecule is CCCCC/C=C/C/C=C\CCCCCCCC(=O)O[C@H](COC(=O)CCCCCCCCCCCCCCC)COP(=O)(O)OCCN. The quantitative estimate of drug-likeness (QED) is 0.0279. The van der Waals surface area contributed by atoms with Crippen LogP contribution in [-0.4, -0.2) is 49.3 Å². The predicted molar refractivity (Wildman–Crippen MR) is 201 cm³/mol. The molecule has 0 rings (SSSR count). The Morgan fingerprint density at radius 3 is 1.59 bits per heavy atom. The van der Waals surface area contributed by atoms with Crippen LogP contribution in [0.15, 0.2) is 24.3 Å². The predicted octanol–water partition coefficient (Wildman–Crippen LogP) is 10.8. The van der Waals surface area contributed by atoms with Crippen LogP contribution in [0.2, 0.25) is 0 Å². The lowest BCUT2D eigenvalue weighted by Gasteiger charge is -2.19. The minimum atomic E-state index is -4.37. The second-order valence-electron chi connectivity index (χ2n) is 13.2. The van der Waals surface area contributed by atoms with Crippen LogP contribution >= 0.6 is 7.82 Å². The minimum Gasteiger partial charge on any atom is -0.462 e. The van der Waals surface area contributed by atoms with Crippen molar-refractivity contribution < 1.29 is 37.6 Å². The maximum Gasteiger partial charge on any atom is 0.472 e. The molecule has 3 N–H and O–H groups in total. The fourth-order valence-electron chi connectivity index (χ4n) is 5.37. The van der Waals surface area contributed by atoms with Crippen LogP contribution in [0.25, 0.3) is 0 Å². The Bertz CT molecular complexity index is 866. The second kappa shape index (κ2) is 36.3. The van der Waals surface area contributed by atoms with Gasteiger partial charge in [0, 0.05) is 19.4 Å². The van der Waals surface area contributed by atoms with Crippen molar-refractivity contribution in [3.63, 3.8) is 0 Å². The van der Waals surface area contributed by atoms with Crippen LogP contribution in [0.5, 0.6) is 0 Å². The normalized spacial score (nSPS) is 13.6. The van der Waals surface area contributed by atoms with Crippen molar-refractivity contribution in [2.24, 2.45) is 5.73 Å². The van der Waals surface area contributed by atoms with Crippen molar-refractivity contribution in [3.05, 3.63) is 24.3 Å². The van der Waals surface area contributed by atoms with Gasteiger partial charge < -0.3 is 20.1 Å². The zero-order chi connectivity index (χ0) is 36.1. The Morgan fingerprint density at radius 1 is 0.612 bits per heavy atom. The lowest BCUT2D eigenvalue weighted by atomic mass is 10.0. The molecule has 0 aliphatic heterocycles. The summed E-state index contributed by atoms with van der Waals surface area (Å²) in [5.74, 6) is -0.841. The molecule has 0 spiro atoms. The zero-order valence-corrected chi connectivity index (χ0v) is 32.3. The van der Waals surface area contributed by atoms with E-state index in [1.54, 1.807) is 0 Å². The Kier molecular flexibility index (Phi) is 35.2. The average Bonchev–Trinajstić information content (AvgIpc) is 3.08. The maximum atomic E-state index is 12.5. The molecule has 10 heteroatoms. The van der Waals surface area contributed by atoms with Crippen molar-refractivity contribution in [2.45, 2.75) is 187 Å². The molecule has 288 valence electrons. The fourth-order valence-corrected chi connectivity index (χ4v) is 6.13. The van der Waals surface area contributed by atoms with Crippen LogP contribution in [0.3, 0.4) is 0 Å². The summed E-state index contributed by atoms with van der Waals surface area (Å²) in [5.41, 5.74) is 5.33. The van der Waals surface area contributed by atoms with Gasteiger partial charge in [0.2, 0.25) is 0 Å². The number of hydrogen-bond donors (Lipinski definition) is 2. The molecule has 1 unspecified atom stereocenters. The minimum absolute atomic E-state index is 0.0523. The highest BCUT2D eigenvalue weighted by Crippen LogP contribution is 2.43. The van der Waals surface area contributed by atoms with Gasteiger partial charge in [0.15, 0.2) is 6.10 Å². The third kappa shape index (κ3) is 36.1.